The third kappa shape index (κ3) is 20.9. The zero-order valence-electron chi connectivity index (χ0n) is 82.3. The second-order valence-corrected chi connectivity index (χ2v) is 49.0. The van der Waals surface area contributed by atoms with E-state index < -0.39 is 19.2 Å². The van der Waals surface area contributed by atoms with Crippen molar-refractivity contribution in [3.8, 4) is 68.5 Å². The number of para-hydroxylation sites is 12. The molecule has 144 heavy (non-hydrogen) atoms. The molecule has 0 bridgehead atoms. The van der Waals surface area contributed by atoms with Gasteiger partial charge in [0, 0.05) is 67.2 Å². The smallest absolute Gasteiger partial charge is 0.227 e. The third-order valence-corrected chi connectivity index (χ3v) is 39.0. The Bertz CT molecular complexity index is 8070. The van der Waals surface area contributed by atoms with E-state index in [2.05, 4.69) is 386 Å². The molecule has 710 valence electrons. The highest BCUT2D eigenvalue weighted by molar-refractivity contribution is 8.26. The summed E-state index contributed by atoms with van der Waals surface area (Å²) in [7, 11) is -3.09. The maximum Gasteiger partial charge on any atom is 0.227 e. The molecular weight excluding hydrogens is 1860 g/mol. The third-order valence-electron chi connectivity index (χ3n) is 26.0. The van der Waals surface area contributed by atoms with Crippen LogP contribution < -0.4 is 47.7 Å². The molecule has 0 unspecified atom stereocenters. The van der Waals surface area contributed by atoms with Crippen molar-refractivity contribution in [1.29, 1.82) is 0 Å². The second kappa shape index (κ2) is 43.7. The van der Waals surface area contributed by atoms with Crippen molar-refractivity contribution in [2.24, 2.45) is 0 Å². The molecule has 0 spiro atoms. The van der Waals surface area contributed by atoms with Crippen LogP contribution in [0, 0.1) is 0 Å². The van der Waals surface area contributed by atoms with E-state index in [1.807, 2.05) is 170 Å². The number of benzene rings is 18. The van der Waals surface area contributed by atoms with Crippen molar-refractivity contribution in [1.82, 2.24) is 34.1 Å². The number of hydrogen-bond donors (Lipinski definition) is 0. The molecular formula is C128H112N7O4P3S2. The highest BCUT2D eigenvalue weighted by Gasteiger charge is 2.33. The minimum Gasteiger partial charge on any atom is -0.436 e. The number of oxazole rings is 3. The molecule has 0 aliphatic carbocycles. The van der Waals surface area contributed by atoms with Crippen LogP contribution in [0.1, 0.15) is 127 Å². The average Bonchev–Trinajstić information content (AvgIpc) is 1.70. The summed E-state index contributed by atoms with van der Waals surface area (Å²) < 4.78 is 37.4. The average molecular weight is 1970 g/mol. The zero-order chi connectivity index (χ0) is 99.4. The number of hydrogen-bond acceptors (Lipinski definition) is 11. The molecule has 0 radical (unpaired) electrons. The molecule has 23 rings (SSSR count). The summed E-state index contributed by atoms with van der Waals surface area (Å²) in [5.41, 5.74) is 22.2. The van der Waals surface area contributed by atoms with Gasteiger partial charge in [0.2, 0.25) is 17.7 Å². The fourth-order valence-electron chi connectivity index (χ4n) is 18.2. The summed E-state index contributed by atoms with van der Waals surface area (Å²) in [6.45, 7) is 22.0. The Kier molecular flexibility index (Phi) is 29.7. The number of rotatable bonds is 21. The summed E-state index contributed by atoms with van der Waals surface area (Å²) in [6.07, 6.45) is 0. The maximum atomic E-state index is 14.9. The van der Waals surface area contributed by atoms with E-state index in [0.29, 0.717) is 41.3 Å². The van der Waals surface area contributed by atoms with E-state index in [4.69, 9.17) is 51.8 Å². The van der Waals surface area contributed by atoms with Gasteiger partial charge in [-0.15, -0.1) is 0 Å². The van der Waals surface area contributed by atoms with Gasteiger partial charge < -0.3 is 17.8 Å². The van der Waals surface area contributed by atoms with Crippen LogP contribution in [-0.2, 0) is 28.2 Å². The molecule has 0 aliphatic heterocycles. The van der Waals surface area contributed by atoms with E-state index in [1.54, 1.807) is 0 Å². The second-order valence-electron chi connectivity index (χ2n) is 37.5. The quantitative estimate of drug-likeness (QED) is 0.0637. The van der Waals surface area contributed by atoms with E-state index in [-0.39, 0.29) is 5.92 Å². The van der Waals surface area contributed by atoms with Gasteiger partial charge in [-0.05, 0) is 235 Å². The van der Waals surface area contributed by atoms with Gasteiger partial charge in [0.25, 0.3) is 0 Å². The first kappa shape index (κ1) is 97.7. The van der Waals surface area contributed by atoms with Crippen LogP contribution in [0.5, 0.6) is 0 Å². The van der Waals surface area contributed by atoms with Gasteiger partial charge in [-0.2, -0.15) is 0 Å². The Hall–Kier alpha value is -15.2. The normalized spacial score (nSPS) is 11.7. The lowest BCUT2D eigenvalue weighted by atomic mass is 9.97. The van der Waals surface area contributed by atoms with Gasteiger partial charge in [0.15, 0.2) is 23.9 Å². The number of fused-ring (bicyclic) bond motifs is 5. The minimum absolute atomic E-state index is 0.262. The SMILES string of the molecule is CC(C)c1cc(-c2nc3ccccc3n2-c2ccccc2)cc(-c2nc3ccccc3n2-c2ccccc2)c1.CC(C)c1cc(-c2nc3ccccc3o2)cc(-c2nc3ccccc3o2)c1.CC(C)c1cc(-c2nc3ccccc3o2)cc(P(=O)(c2ccccc2)c2ccccc2)c1.CC(C)c1ccc(P(=S)(c2ccccc2)c2ccccc2)cc1.CC(C)c1cccc(P(=S)(c2ccccc2)c2ccccc2)c1. The van der Waals surface area contributed by atoms with Gasteiger partial charge in [-0.1, -0.05) is 414 Å². The molecule has 0 N–H and O–H groups in total. The summed E-state index contributed by atoms with van der Waals surface area (Å²) in [5, 5.41) is 9.95. The van der Waals surface area contributed by atoms with Crippen LogP contribution in [-0.4, -0.2) is 34.1 Å². The largest absolute Gasteiger partial charge is 0.436 e. The molecule has 5 heterocycles. The Morgan fingerprint density at radius 2 is 0.479 bits per heavy atom. The van der Waals surface area contributed by atoms with Gasteiger partial charge in [-0.25, -0.2) is 24.9 Å². The minimum atomic E-state index is -3.09. The van der Waals surface area contributed by atoms with Crippen molar-refractivity contribution < 1.29 is 17.8 Å². The van der Waals surface area contributed by atoms with Gasteiger partial charge in [-0.3, -0.25) is 9.13 Å². The van der Waals surface area contributed by atoms with Crippen LogP contribution in [0.4, 0.5) is 0 Å². The Balaban J connectivity index is 0.000000116. The van der Waals surface area contributed by atoms with Crippen molar-refractivity contribution in [2.45, 2.75) is 98.8 Å². The van der Waals surface area contributed by atoms with E-state index >= 15 is 0 Å². The molecule has 0 saturated heterocycles. The van der Waals surface area contributed by atoms with E-state index in [1.165, 1.54) is 54.1 Å². The molecule has 18 aromatic carbocycles. The van der Waals surface area contributed by atoms with Crippen molar-refractivity contribution in [2.75, 3.05) is 0 Å². The fraction of sp³-hybridized carbons (Fsp3) is 0.117. The van der Waals surface area contributed by atoms with E-state index in [0.717, 1.165) is 128 Å². The Morgan fingerprint density at radius 1 is 0.215 bits per heavy atom. The molecule has 23 aromatic rings. The monoisotopic (exact) mass is 1970 g/mol. The number of nitrogens with zero attached hydrogens (tertiary/aromatic N) is 7. The Morgan fingerprint density at radius 3 is 0.826 bits per heavy atom. The lowest BCUT2D eigenvalue weighted by Crippen LogP contribution is -2.25. The highest BCUT2D eigenvalue weighted by atomic mass is 32.4. The molecule has 16 heteroatoms. The zero-order valence-corrected chi connectivity index (χ0v) is 86.6. The molecule has 0 atom stereocenters. The predicted octanol–water partition coefficient (Wildman–Crippen LogP) is 30.6. The van der Waals surface area contributed by atoms with Crippen molar-refractivity contribution in [3.63, 3.8) is 0 Å². The lowest BCUT2D eigenvalue weighted by molar-refractivity contribution is 0.592. The first-order valence-corrected chi connectivity index (χ1v) is 56.4. The van der Waals surface area contributed by atoms with E-state index in [9.17, 15) is 4.57 Å². The lowest BCUT2D eigenvalue weighted by Gasteiger charge is -2.25. The summed E-state index contributed by atoms with van der Waals surface area (Å²) >= 11 is 12.7. The topological polar surface area (TPSA) is 131 Å². The van der Waals surface area contributed by atoms with Gasteiger partial charge >= 0.3 is 0 Å². The summed E-state index contributed by atoms with van der Waals surface area (Å²) in [5.74, 6) is 5.61. The van der Waals surface area contributed by atoms with Gasteiger partial charge in [0.1, 0.15) is 28.2 Å². The van der Waals surface area contributed by atoms with Crippen LogP contribution >= 0.6 is 19.2 Å². The van der Waals surface area contributed by atoms with Crippen LogP contribution in [0.2, 0.25) is 0 Å². The fourth-order valence-corrected chi connectivity index (χ4v) is 28.4. The first-order valence-electron chi connectivity index (χ1n) is 49.1. The van der Waals surface area contributed by atoms with Gasteiger partial charge in [0.05, 0.1) is 22.1 Å². The highest BCUT2D eigenvalue weighted by Crippen LogP contribution is 2.48. The molecule has 5 aromatic heterocycles. The number of aromatic nitrogens is 7. The molecule has 0 aliphatic rings. The summed E-state index contributed by atoms with van der Waals surface area (Å²) in [6, 6.07) is 156. The standard InChI is InChI=1S/C35H28N4.C28H24NO2P.C23H18N2O2.2C21H21PS/c1-24(2)25-21-26(34-36-30-17-9-11-19-32(30)38(34)28-13-5-3-6-14-28)23-27(22-25)35-37-31-18-10-12-20-33(31)39(35)29-15-7-4-8-16-29;1-20(2)21-17-22(28-29-26-15-9-10-16-27(26)31-28)19-25(18-21)32(30,23-11-5-3-6-12-23)24-13-7-4-8-14-24;1-14(2)15-11-16(22-24-18-7-3-5-9-20(18)26-22)13-17(12-15)23-25-19-8-4-6-10-21(19)27-23;1-17(2)18-10-9-15-21(16-18)22(23,19-11-5-3-6-12-19)20-13-7-4-8-14-20;1-17(2)18-13-15-21(16-14-18)22(23,19-9-5-3-6-10-19)20-11-7-4-8-12-20/h3-24H,1-2H3;3-20H,1-2H3;3-14H,1-2H3;2*3-17H,1-2H3. The molecule has 0 amide bonds. The number of imidazole rings is 2. The van der Waals surface area contributed by atoms with Crippen molar-refractivity contribution >= 4 is 146 Å². The maximum absolute atomic E-state index is 14.9. The molecule has 0 fully saturated rings. The predicted molar refractivity (Wildman–Crippen MR) is 613 cm³/mol. The Labute approximate surface area is 853 Å². The molecule has 11 nitrogen and oxygen atoms in total. The van der Waals surface area contributed by atoms with Crippen LogP contribution in [0.25, 0.3) is 124 Å². The first-order chi connectivity index (χ1) is 70.1. The van der Waals surface area contributed by atoms with Crippen molar-refractivity contribution in [3.05, 3.63) is 495 Å². The van der Waals surface area contributed by atoms with Crippen LogP contribution in [0.3, 0.4) is 0 Å². The molecule has 0 saturated carbocycles. The van der Waals surface area contributed by atoms with Crippen LogP contribution in [0.15, 0.2) is 480 Å². The summed E-state index contributed by atoms with van der Waals surface area (Å²) in [4.78, 5) is 24.3.